The first-order valence-electron chi connectivity index (χ1n) is 9.27. The normalized spacial score (nSPS) is 11.3. The number of carbonyl (C=O) groups excluding carboxylic acids is 1. The molecule has 4 rings (SSSR count). The molecule has 2 aromatic heterocycles. The Morgan fingerprint density at radius 3 is 2.75 bits per heavy atom. The molecule has 0 atom stereocenters. The zero-order chi connectivity index (χ0) is 19.7. The summed E-state index contributed by atoms with van der Waals surface area (Å²) < 4.78 is 2.00. The van der Waals surface area contributed by atoms with Gasteiger partial charge in [0, 0.05) is 18.2 Å². The van der Waals surface area contributed by atoms with Crippen molar-refractivity contribution in [3.05, 3.63) is 59.9 Å². The van der Waals surface area contributed by atoms with E-state index in [1.54, 1.807) is 0 Å². The number of nitrogens with zero attached hydrogens (tertiary/aromatic N) is 4. The molecule has 7 nitrogen and oxygen atoms in total. The van der Waals surface area contributed by atoms with Crippen molar-refractivity contribution in [2.24, 2.45) is 5.92 Å². The summed E-state index contributed by atoms with van der Waals surface area (Å²) in [7, 11) is 0. The van der Waals surface area contributed by atoms with Gasteiger partial charge >= 0.3 is 0 Å². The summed E-state index contributed by atoms with van der Waals surface area (Å²) in [5.41, 5.74) is 4.39. The van der Waals surface area contributed by atoms with Gasteiger partial charge in [0.2, 0.25) is 11.6 Å². The number of rotatable bonds is 5. The van der Waals surface area contributed by atoms with Crippen molar-refractivity contribution in [3.63, 3.8) is 0 Å². The highest BCUT2D eigenvalue weighted by molar-refractivity contribution is 5.84. The van der Waals surface area contributed by atoms with Crippen LogP contribution in [0.1, 0.15) is 25.2 Å². The molecule has 0 spiro atoms. The molecule has 2 N–H and O–H groups in total. The Bertz CT molecular complexity index is 1160. The van der Waals surface area contributed by atoms with Crippen molar-refractivity contribution in [3.8, 4) is 0 Å². The smallest absolute Gasteiger partial charge is 0.222 e. The van der Waals surface area contributed by atoms with Crippen LogP contribution in [0, 0.1) is 12.8 Å². The Morgan fingerprint density at radius 2 is 1.93 bits per heavy atom. The number of anilines is 2. The number of nitrogens with one attached hydrogen (secondary N) is 2. The number of aromatic nitrogens is 4. The summed E-state index contributed by atoms with van der Waals surface area (Å²) in [6, 6.07) is 15.8. The average molecular weight is 374 g/mol. The minimum atomic E-state index is -0.0347. The van der Waals surface area contributed by atoms with Gasteiger partial charge in [0.15, 0.2) is 5.82 Å². The lowest BCUT2D eigenvalue weighted by Crippen LogP contribution is -2.27. The van der Waals surface area contributed by atoms with Crippen LogP contribution in [0.4, 0.5) is 11.5 Å². The molecule has 1 amide bonds. The second-order valence-electron chi connectivity index (χ2n) is 7.05. The molecule has 0 radical (unpaired) electrons. The Balaban J connectivity index is 1.66. The van der Waals surface area contributed by atoms with Crippen LogP contribution in [0.3, 0.4) is 0 Å². The first-order valence-corrected chi connectivity index (χ1v) is 9.27. The quantitative estimate of drug-likeness (QED) is 0.558. The highest BCUT2D eigenvalue weighted by atomic mass is 16.1. The number of benzene rings is 2. The molecule has 28 heavy (non-hydrogen) atoms. The Morgan fingerprint density at radius 1 is 1.11 bits per heavy atom. The zero-order valence-electron chi connectivity index (χ0n) is 16.1. The molecule has 0 fully saturated rings. The number of hydrogen-bond donors (Lipinski definition) is 2. The van der Waals surface area contributed by atoms with E-state index in [9.17, 15) is 4.79 Å². The van der Waals surface area contributed by atoms with E-state index in [0.717, 1.165) is 28.1 Å². The van der Waals surface area contributed by atoms with Gasteiger partial charge in [0.1, 0.15) is 5.82 Å². The van der Waals surface area contributed by atoms with E-state index in [1.807, 2.05) is 73.7 Å². The lowest BCUT2D eigenvalue weighted by Gasteiger charge is -2.12. The summed E-state index contributed by atoms with van der Waals surface area (Å²) in [6.07, 6.45) is 0. The Labute approximate surface area is 162 Å². The molecule has 0 aliphatic heterocycles. The van der Waals surface area contributed by atoms with Crippen molar-refractivity contribution in [1.29, 1.82) is 0 Å². The molecule has 0 saturated heterocycles. The highest BCUT2D eigenvalue weighted by Gasteiger charge is 2.13. The van der Waals surface area contributed by atoms with E-state index in [-0.39, 0.29) is 11.8 Å². The molecule has 2 heterocycles. The van der Waals surface area contributed by atoms with Crippen LogP contribution >= 0.6 is 0 Å². The van der Waals surface area contributed by atoms with Crippen LogP contribution in [-0.4, -0.2) is 25.5 Å². The van der Waals surface area contributed by atoms with Gasteiger partial charge in [-0.25, -0.2) is 4.98 Å². The summed E-state index contributed by atoms with van der Waals surface area (Å²) in [4.78, 5) is 16.5. The molecule has 4 aromatic rings. The molecule has 0 aliphatic carbocycles. The first kappa shape index (κ1) is 17.9. The fourth-order valence-electron chi connectivity index (χ4n) is 3.10. The second kappa shape index (κ2) is 7.26. The van der Waals surface area contributed by atoms with Gasteiger partial charge in [-0.1, -0.05) is 38.1 Å². The first-order chi connectivity index (χ1) is 13.5. The number of amides is 1. The van der Waals surface area contributed by atoms with Crippen molar-refractivity contribution in [2.75, 3.05) is 5.32 Å². The number of fused-ring (bicyclic) bond motifs is 3. The molecule has 142 valence electrons. The summed E-state index contributed by atoms with van der Waals surface area (Å²) in [5.74, 6) is 1.45. The number of hydrogen-bond acceptors (Lipinski definition) is 5. The minimum Gasteiger partial charge on any atom is -0.352 e. The largest absolute Gasteiger partial charge is 0.352 e. The topological polar surface area (TPSA) is 84.2 Å². The number of para-hydroxylation sites is 2. The maximum atomic E-state index is 11.8. The molecule has 0 unspecified atom stereocenters. The monoisotopic (exact) mass is 374 g/mol. The van der Waals surface area contributed by atoms with Crippen molar-refractivity contribution >= 4 is 34.1 Å². The molecule has 0 saturated carbocycles. The van der Waals surface area contributed by atoms with E-state index in [1.165, 1.54) is 0 Å². The van der Waals surface area contributed by atoms with E-state index < -0.39 is 0 Å². The average Bonchev–Trinajstić information content (AvgIpc) is 3.09. The standard InChI is InChI=1S/C21H22N6O/c1-13(2)21(28)22-12-15-7-6-8-16(11-15)23-19-20-26-25-14(3)27(20)18-10-5-4-9-17(18)24-19/h4-11,13H,12H2,1-3H3,(H,22,28)(H,23,24). The van der Waals surface area contributed by atoms with Crippen LogP contribution in [0.2, 0.25) is 0 Å². The second-order valence-corrected chi connectivity index (χ2v) is 7.05. The van der Waals surface area contributed by atoms with Gasteiger partial charge in [0.25, 0.3) is 0 Å². The molecule has 0 aliphatic rings. The zero-order valence-corrected chi connectivity index (χ0v) is 16.1. The third-order valence-electron chi connectivity index (χ3n) is 4.57. The predicted octanol–water partition coefficient (Wildman–Crippen LogP) is 3.60. The van der Waals surface area contributed by atoms with Crippen LogP contribution in [0.15, 0.2) is 48.5 Å². The Hall–Kier alpha value is -3.48. The van der Waals surface area contributed by atoms with Crippen LogP contribution < -0.4 is 10.6 Å². The van der Waals surface area contributed by atoms with Crippen LogP contribution in [0.5, 0.6) is 0 Å². The van der Waals surface area contributed by atoms with Gasteiger partial charge in [-0.15, -0.1) is 10.2 Å². The molecular weight excluding hydrogens is 352 g/mol. The van der Waals surface area contributed by atoms with E-state index in [2.05, 4.69) is 20.8 Å². The number of aryl methyl sites for hydroxylation is 1. The molecule has 0 bridgehead atoms. The minimum absolute atomic E-state index is 0.0347. The van der Waals surface area contributed by atoms with E-state index >= 15 is 0 Å². The summed E-state index contributed by atoms with van der Waals surface area (Å²) in [5, 5.41) is 14.8. The van der Waals surface area contributed by atoms with Gasteiger partial charge < -0.3 is 10.6 Å². The van der Waals surface area contributed by atoms with Crippen LogP contribution in [-0.2, 0) is 11.3 Å². The van der Waals surface area contributed by atoms with E-state index in [0.29, 0.717) is 18.0 Å². The lowest BCUT2D eigenvalue weighted by atomic mass is 10.1. The molecule has 2 aromatic carbocycles. The van der Waals surface area contributed by atoms with Gasteiger partial charge in [-0.2, -0.15) is 0 Å². The summed E-state index contributed by atoms with van der Waals surface area (Å²) >= 11 is 0. The van der Waals surface area contributed by atoms with Crippen molar-refractivity contribution < 1.29 is 4.79 Å². The SMILES string of the molecule is Cc1nnc2c(Nc3cccc(CNC(=O)C(C)C)c3)nc3ccccc3n12. The summed E-state index contributed by atoms with van der Waals surface area (Å²) in [6.45, 7) is 6.17. The van der Waals surface area contributed by atoms with Crippen molar-refractivity contribution in [2.45, 2.75) is 27.3 Å². The highest BCUT2D eigenvalue weighted by Crippen LogP contribution is 2.24. The third-order valence-corrected chi connectivity index (χ3v) is 4.57. The van der Waals surface area contributed by atoms with Crippen LogP contribution in [0.25, 0.3) is 16.7 Å². The maximum Gasteiger partial charge on any atom is 0.222 e. The fraction of sp³-hybridized carbons (Fsp3) is 0.238. The van der Waals surface area contributed by atoms with Crippen molar-refractivity contribution in [1.82, 2.24) is 24.9 Å². The predicted molar refractivity (Wildman–Crippen MR) is 109 cm³/mol. The fourth-order valence-corrected chi connectivity index (χ4v) is 3.10. The van der Waals surface area contributed by atoms with Gasteiger partial charge in [-0.3, -0.25) is 9.20 Å². The van der Waals surface area contributed by atoms with E-state index in [4.69, 9.17) is 4.98 Å². The number of carbonyl (C=O) groups is 1. The third kappa shape index (κ3) is 3.38. The van der Waals surface area contributed by atoms with Gasteiger partial charge in [0.05, 0.1) is 11.0 Å². The maximum absolute atomic E-state index is 11.8. The lowest BCUT2D eigenvalue weighted by molar-refractivity contribution is -0.124. The van der Waals surface area contributed by atoms with Gasteiger partial charge in [-0.05, 0) is 36.8 Å². The molecular formula is C21H22N6O. The molecule has 7 heteroatoms. The Kier molecular flexibility index (Phi) is 4.65.